The minimum absolute atomic E-state index is 0.0564. The van der Waals surface area contributed by atoms with Gasteiger partial charge in [0.15, 0.2) is 5.03 Å². The van der Waals surface area contributed by atoms with Crippen LogP contribution in [-0.4, -0.2) is 44.7 Å². The third kappa shape index (κ3) is 4.93. The number of aromatic carboxylic acids is 1. The van der Waals surface area contributed by atoms with Crippen molar-refractivity contribution >= 4 is 16.0 Å². The summed E-state index contributed by atoms with van der Waals surface area (Å²) >= 11 is 0. The van der Waals surface area contributed by atoms with Gasteiger partial charge in [0.2, 0.25) is 0 Å². The highest BCUT2D eigenvalue weighted by Gasteiger charge is 2.15. The SMILES string of the molecule is COCCCCNS(=O)(=O)c1ccc(C(=O)O)cn1. The largest absolute Gasteiger partial charge is 0.478 e. The number of unbranched alkanes of at least 4 members (excludes halogenated alkanes) is 1. The summed E-state index contributed by atoms with van der Waals surface area (Å²) in [5, 5.41) is 8.49. The second kappa shape index (κ2) is 7.17. The molecular formula is C11H16N2O5S. The lowest BCUT2D eigenvalue weighted by molar-refractivity contribution is 0.0696. The first-order valence-corrected chi connectivity index (χ1v) is 7.13. The van der Waals surface area contributed by atoms with E-state index in [1.807, 2.05) is 0 Å². The summed E-state index contributed by atoms with van der Waals surface area (Å²) in [6, 6.07) is 2.37. The van der Waals surface area contributed by atoms with Gasteiger partial charge in [-0.2, -0.15) is 0 Å². The van der Waals surface area contributed by atoms with E-state index < -0.39 is 16.0 Å². The molecule has 19 heavy (non-hydrogen) atoms. The number of sulfonamides is 1. The van der Waals surface area contributed by atoms with Gasteiger partial charge < -0.3 is 9.84 Å². The number of aromatic nitrogens is 1. The van der Waals surface area contributed by atoms with Crippen LogP contribution in [0.3, 0.4) is 0 Å². The zero-order valence-corrected chi connectivity index (χ0v) is 11.3. The minimum Gasteiger partial charge on any atom is -0.478 e. The molecule has 0 bridgehead atoms. The van der Waals surface area contributed by atoms with Crippen molar-refractivity contribution in [2.75, 3.05) is 20.3 Å². The van der Waals surface area contributed by atoms with Crippen LogP contribution in [0.25, 0.3) is 0 Å². The van der Waals surface area contributed by atoms with E-state index in [1.165, 1.54) is 12.1 Å². The molecule has 2 N–H and O–H groups in total. The lowest BCUT2D eigenvalue weighted by Gasteiger charge is -2.06. The summed E-state index contributed by atoms with van der Waals surface area (Å²) in [7, 11) is -2.10. The third-order valence-electron chi connectivity index (χ3n) is 2.33. The van der Waals surface area contributed by atoms with Crippen LogP contribution in [0.15, 0.2) is 23.4 Å². The molecule has 7 nitrogen and oxygen atoms in total. The van der Waals surface area contributed by atoms with E-state index in [4.69, 9.17) is 9.84 Å². The normalized spacial score (nSPS) is 11.4. The van der Waals surface area contributed by atoms with Crippen molar-refractivity contribution in [2.45, 2.75) is 17.9 Å². The van der Waals surface area contributed by atoms with Gasteiger partial charge in [0, 0.05) is 26.5 Å². The molecule has 0 unspecified atom stereocenters. The van der Waals surface area contributed by atoms with E-state index in [0.717, 1.165) is 12.6 Å². The second-order valence-electron chi connectivity index (χ2n) is 3.79. The van der Waals surface area contributed by atoms with Crippen LogP contribution in [-0.2, 0) is 14.8 Å². The van der Waals surface area contributed by atoms with Crippen molar-refractivity contribution < 1.29 is 23.1 Å². The van der Waals surface area contributed by atoms with E-state index in [2.05, 4.69) is 9.71 Å². The molecule has 0 saturated carbocycles. The van der Waals surface area contributed by atoms with Crippen molar-refractivity contribution in [3.8, 4) is 0 Å². The summed E-state index contributed by atoms with van der Waals surface area (Å²) in [6.07, 6.45) is 2.42. The van der Waals surface area contributed by atoms with Gasteiger partial charge in [-0.15, -0.1) is 0 Å². The van der Waals surface area contributed by atoms with Crippen molar-refractivity contribution in [1.29, 1.82) is 0 Å². The van der Waals surface area contributed by atoms with E-state index >= 15 is 0 Å². The van der Waals surface area contributed by atoms with Crippen molar-refractivity contribution in [3.05, 3.63) is 23.9 Å². The number of nitrogens with one attached hydrogen (secondary N) is 1. The Hall–Kier alpha value is -1.51. The van der Waals surface area contributed by atoms with Crippen molar-refractivity contribution in [2.24, 2.45) is 0 Å². The third-order valence-corrected chi connectivity index (χ3v) is 3.70. The van der Waals surface area contributed by atoms with E-state index in [0.29, 0.717) is 13.0 Å². The van der Waals surface area contributed by atoms with Crippen LogP contribution >= 0.6 is 0 Å². The second-order valence-corrected chi connectivity index (χ2v) is 5.50. The number of carboxylic acid groups (broad SMARTS) is 1. The number of pyridine rings is 1. The smallest absolute Gasteiger partial charge is 0.337 e. The van der Waals surface area contributed by atoms with Crippen molar-refractivity contribution in [3.63, 3.8) is 0 Å². The molecule has 1 heterocycles. The first-order valence-electron chi connectivity index (χ1n) is 5.65. The summed E-state index contributed by atoms with van der Waals surface area (Å²) in [5.41, 5.74) is -0.0564. The fourth-order valence-corrected chi connectivity index (χ4v) is 2.32. The Morgan fingerprint density at radius 1 is 1.42 bits per heavy atom. The van der Waals surface area contributed by atoms with Gasteiger partial charge in [-0.1, -0.05) is 0 Å². The number of carbonyl (C=O) groups is 1. The standard InChI is InChI=1S/C11H16N2O5S/c1-18-7-3-2-6-13-19(16,17)10-5-4-9(8-12-10)11(14)15/h4-5,8,13H,2-3,6-7H2,1H3,(H,14,15). The molecule has 8 heteroatoms. The van der Waals surface area contributed by atoms with Crippen LogP contribution in [0.1, 0.15) is 23.2 Å². The molecule has 0 saturated heterocycles. The van der Waals surface area contributed by atoms with Crippen LogP contribution < -0.4 is 4.72 Å². The lowest BCUT2D eigenvalue weighted by Crippen LogP contribution is -2.25. The molecule has 1 rings (SSSR count). The summed E-state index contributed by atoms with van der Waals surface area (Å²) in [6.45, 7) is 0.862. The van der Waals surface area contributed by atoms with Gasteiger partial charge in [-0.3, -0.25) is 0 Å². The molecule has 0 aliphatic carbocycles. The molecule has 0 amide bonds. The fraction of sp³-hybridized carbons (Fsp3) is 0.455. The molecule has 0 aromatic carbocycles. The van der Waals surface area contributed by atoms with Crippen LogP contribution in [0.2, 0.25) is 0 Å². The van der Waals surface area contributed by atoms with Crippen LogP contribution in [0.5, 0.6) is 0 Å². The van der Waals surface area contributed by atoms with Gasteiger partial charge in [-0.25, -0.2) is 22.9 Å². The number of methoxy groups -OCH3 is 1. The zero-order valence-electron chi connectivity index (χ0n) is 10.5. The van der Waals surface area contributed by atoms with E-state index in [1.54, 1.807) is 7.11 Å². The molecule has 1 aromatic heterocycles. The zero-order chi connectivity index (χ0) is 14.3. The average Bonchev–Trinajstić information content (AvgIpc) is 2.38. The minimum atomic E-state index is -3.68. The maximum atomic E-state index is 11.8. The van der Waals surface area contributed by atoms with E-state index in [9.17, 15) is 13.2 Å². The predicted molar refractivity (Wildman–Crippen MR) is 67.5 cm³/mol. The molecular weight excluding hydrogens is 272 g/mol. The highest BCUT2D eigenvalue weighted by Crippen LogP contribution is 2.06. The van der Waals surface area contributed by atoms with Gasteiger partial charge in [0.25, 0.3) is 10.0 Å². The molecule has 0 spiro atoms. The Labute approximate surface area is 111 Å². The molecule has 0 atom stereocenters. The summed E-state index contributed by atoms with van der Waals surface area (Å²) < 4.78 is 30.8. The van der Waals surface area contributed by atoms with Gasteiger partial charge >= 0.3 is 5.97 Å². The lowest BCUT2D eigenvalue weighted by atomic mass is 10.3. The van der Waals surface area contributed by atoms with Crippen LogP contribution in [0, 0.1) is 0 Å². The highest BCUT2D eigenvalue weighted by atomic mass is 32.2. The number of rotatable bonds is 8. The Balaban J connectivity index is 2.59. The summed E-state index contributed by atoms with van der Waals surface area (Å²) in [4.78, 5) is 14.2. The fourth-order valence-electron chi connectivity index (χ4n) is 1.32. The first-order chi connectivity index (χ1) is 8.97. The molecule has 1 aromatic rings. The van der Waals surface area contributed by atoms with E-state index in [-0.39, 0.29) is 17.1 Å². The van der Waals surface area contributed by atoms with Crippen LogP contribution in [0.4, 0.5) is 0 Å². The Bertz CT molecular complexity index is 512. The van der Waals surface area contributed by atoms with Gasteiger partial charge in [0.1, 0.15) is 0 Å². The summed E-state index contributed by atoms with van der Waals surface area (Å²) in [5.74, 6) is -1.15. The van der Waals surface area contributed by atoms with Gasteiger partial charge in [0.05, 0.1) is 5.56 Å². The Morgan fingerprint density at radius 2 is 2.16 bits per heavy atom. The molecule has 0 radical (unpaired) electrons. The number of nitrogens with zero attached hydrogens (tertiary/aromatic N) is 1. The monoisotopic (exact) mass is 288 g/mol. The molecule has 0 aliphatic heterocycles. The topological polar surface area (TPSA) is 106 Å². The van der Waals surface area contributed by atoms with Gasteiger partial charge in [-0.05, 0) is 25.0 Å². The average molecular weight is 288 g/mol. The number of ether oxygens (including phenoxy) is 1. The Morgan fingerprint density at radius 3 is 2.68 bits per heavy atom. The quantitative estimate of drug-likeness (QED) is 0.674. The predicted octanol–water partition coefficient (Wildman–Crippen LogP) is 0.485. The van der Waals surface area contributed by atoms with Crippen molar-refractivity contribution in [1.82, 2.24) is 9.71 Å². The Kier molecular flexibility index (Phi) is 5.87. The number of hydrogen-bond donors (Lipinski definition) is 2. The number of hydrogen-bond acceptors (Lipinski definition) is 5. The molecule has 106 valence electrons. The maximum absolute atomic E-state index is 11.8. The number of carboxylic acids is 1. The highest BCUT2D eigenvalue weighted by molar-refractivity contribution is 7.89. The maximum Gasteiger partial charge on any atom is 0.337 e. The first kappa shape index (κ1) is 15.5. The molecule has 0 aliphatic rings. The molecule has 0 fully saturated rings.